The standard InChI is InChI=1S/C21H27NO2/c1-16(2)22-14-12-20(13-15-22)24-19-10-8-18(9-11-19)21(23)17-6-4-3-5-7-17/h3-11,16,20-21,23H,12-15H2,1-2H3. The summed E-state index contributed by atoms with van der Waals surface area (Å²) in [5, 5.41) is 10.4. The molecule has 24 heavy (non-hydrogen) atoms. The molecule has 3 rings (SSSR count). The average Bonchev–Trinajstić information content (AvgIpc) is 2.63. The van der Waals surface area contributed by atoms with Crippen molar-refractivity contribution in [3.05, 3.63) is 65.7 Å². The highest BCUT2D eigenvalue weighted by molar-refractivity contribution is 5.34. The second kappa shape index (κ2) is 7.82. The summed E-state index contributed by atoms with van der Waals surface area (Å²) in [7, 11) is 0. The SMILES string of the molecule is CC(C)N1CCC(Oc2ccc(C(O)c3ccccc3)cc2)CC1. The number of aliphatic hydroxyl groups is 1. The lowest BCUT2D eigenvalue weighted by Crippen LogP contribution is -2.41. The second-order valence-corrected chi connectivity index (χ2v) is 6.83. The third kappa shape index (κ3) is 4.16. The van der Waals surface area contributed by atoms with Gasteiger partial charge in [-0.1, -0.05) is 42.5 Å². The molecular weight excluding hydrogens is 298 g/mol. The van der Waals surface area contributed by atoms with Gasteiger partial charge in [-0.15, -0.1) is 0 Å². The normalized spacial score (nSPS) is 17.8. The first-order valence-corrected chi connectivity index (χ1v) is 8.87. The van der Waals surface area contributed by atoms with Crippen molar-refractivity contribution in [2.45, 2.75) is 44.9 Å². The van der Waals surface area contributed by atoms with E-state index in [0.29, 0.717) is 12.1 Å². The van der Waals surface area contributed by atoms with Crippen LogP contribution in [-0.4, -0.2) is 35.2 Å². The maximum atomic E-state index is 10.4. The number of aliphatic hydroxyl groups excluding tert-OH is 1. The molecule has 1 N–H and O–H groups in total. The van der Waals surface area contributed by atoms with Gasteiger partial charge in [0.1, 0.15) is 18.0 Å². The van der Waals surface area contributed by atoms with Crippen molar-refractivity contribution in [3.8, 4) is 5.75 Å². The summed E-state index contributed by atoms with van der Waals surface area (Å²) in [5.74, 6) is 0.891. The molecule has 0 spiro atoms. The number of benzene rings is 2. The van der Waals surface area contributed by atoms with Crippen LogP contribution in [0.1, 0.15) is 43.9 Å². The average molecular weight is 325 g/mol. The molecule has 1 saturated heterocycles. The number of likely N-dealkylation sites (tertiary alicyclic amines) is 1. The Morgan fingerprint density at radius 2 is 1.50 bits per heavy atom. The summed E-state index contributed by atoms with van der Waals surface area (Å²) in [6.07, 6.45) is 1.86. The lowest BCUT2D eigenvalue weighted by molar-refractivity contribution is 0.0843. The highest BCUT2D eigenvalue weighted by Crippen LogP contribution is 2.25. The predicted octanol–water partition coefficient (Wildman–Crippen LogP) is 4.02. The van der Waals surface area contributed by atoms with Crippen molar-refractivity contribution in [3.63, 3.8) is 0 Å². The topological polar surface area (TPSA) is 32.7 Å². The minimum atomic E-state index is -0.588. The number of hydrogen-bond donors (Lipinski definition) is 1. The van der Waals surface area contributed by atoms with E-state index in [1.165, 1.54) is 0 Å². The maximum absolute atomic E-state index is 10.4. The smallest absolute Gasteiger partial charge is 0.119 e. The van der Waals surface area contributed by atoms with E-state index in [0.717, 1.165) is 42.8 Å². The molecule has 0 amide bonds. The van der Waals surface area contributed by atoms with Crippen LogP contribution in [0.4, 0.5) is 0 Å². The van der Waals surface area contributed by atoms with Crippen LogP contribution in [0.15, 0.2) is 54.6 Å². The van der Waals surface area contributed by atoms with Gasteiger partial charge < -0.3 is 14.7 Å². The molecule has 1 aliphatic rings. The van der Waals surface area contributed by atoms with Crippen molar-refractivity contribution in [1.82, 2.24) is 4.90 Å². The Bertz CT molecular complexity index is 616. The van der Waals surface area contributed by atoms with Crippen LogP contribution in [0.25, 0.3) is 0 Å². The minimum Gasteiger partial charge on any atom is -0.490 e. The predicted molar refractivity (Wildman–Crippen MR) is 97.3 cm³/mol. The van der Waals surface area contributed by atoms with Gasteiger partial charge in [0.05, 0.1) is 0 Å². The van der Waals surface area contributed by atoms with Gasteiger partial charge >= 0.3 is 0 Å². The van der Waals surface area contributed by atoms with Crippen LogP contribution in [0.3, 0.4) is 0 Å². The Morgan fingerprint density at radius 1 is 0.917 bits per heavy atom. The van der Waals surface area contributed by atoms with Gasteiger partial charge in [0.15, 0.2) is 0 Å². The van der Waals surface area contributed by atoms with Crippen LogP contribution in [-0.2, 0) is 0 Å². The maximum Gasteiger partial charge on any atom is 0.119 e. The Balaban J connectivity index is 1.57. The number of nitrogens with zero attached hydrogens (tertiary/aromatic N) is 1. The Morgan fingerprint density at radius 3 is 2.08 bits per heavy atom. The van der Waals surface area contributed by atoms with Gasteiger partial charge in [-0.25, -0.2) is 0 Å². The summed E-state index contributed by atoms with van der Waals surface area (Å²) in [6, 6.07) is 18.2. The first kappa shape index (κ1) is 17.0. The molecular formula is C21H27NO2. The van der Waals surface area contributed by atoms with Crippen LogP contribution < -0.4 is 4.74 Å². The quantitative estimate of drug-likeness (QED) is 0.901. The van der Waals surface area contributed by atoms with E-state index in [4.69, 9.17) is 4.74 Å². The summed E-state index contributed by atoms with van der Waals surface area (Å²) >= 11 is 0. The van der Waals surface area contributed by atoms with Crippen LogP contribution >= 0.6 is 0 Å². The van der Waals surface area contributed by atoms with Crippen molar-refractivity contribution < 1.29 is 9.84 Å². The highest BCUT2D eigenvalue weighted by atomic mass is 16.5. The lowest BCUT2D eigenvalue weighted by atomic mass is 10.0. The first-order chi connectivity index (χ1) is 11.6. The minimum absolute atomic E-state index is 0.296. The van der Waals surface area contributed by atoms with Crippen LogP contribution in [0.2, 0.25) is 0 Å². The van der Waals surface area contributed by atoms with E-state index in [9.17, 15) is 5.11 Å². The third-order valence-corrected chi connectivity index (χ3v) is 4.82. The number of ether oxygens (including phenoxy) is 1. The summed E-state index contributed by atoms with van der Waals surface area (Å²) < 4.78 is 6.12. The van der Waals surface area contributed by atoms with Gasteiger partial charge in [-0.2, -0.15) is 0 Å². The molecule has 2 aromatic carbocycles. The van der Waals surface area contributed by atoms with Crippen molar-refractivity contribution in [2.75, 3.05) is 13.1 Å². The van der Waals surface area contributed by atoms with Gasteiger partial charge in [0.2, 0.25) is 0 Å². The Kier molecular flexibility index (Phi) is 5.54. The molecule has 0 saturated carbocycles. The second-order valence-electron chi connectivity index (χ2n) is 6.83. The van der Waals surface area contributed by atoms with Gasteiger partial charge in [0.25, 0.3) is 0 Å². The van der Waals surface area contributed by atoms with E-state index in [1.807, 2.05) is 54.6 Å². The molecule has 1 fully saturated rings. The largest absolute Gasteiger partial charge is 0.490 e. The monoisotopic (exact) mass is 325 g/mol. The summed E-state index contributed by atoms with van der Waals surface area (Å²) in [4.78, 5) is 2.50. The van der Waals surface area contributed by atoms with E-state index in [-0.39, 0.29) is 0 Å². The summed E-state index contributed by atoms with van der Waals surface area (Å²) in [5.41, 5.74) is 1.80. The number of rotatable bonds is 5. The zero-order chi connectivity index (χ0) is 16.9. The molecule has 3 nitrogen and oxygen atoms in total. The van der Waals surface area contributed by atoms with Crippen molar-refractivity contribution in [2.24, 2.45) is 0 Å². The molecule has 1 heterocycles. The molecule has 3 heteroatoms. The first-order valence-electron chi connectivity index (χ1n) is 8.87. The van der Waals surface area contributed by atoms with Crippen molar-refractivity contribution in [1.29, 1.82) is 0 Å². The molecule has 1 atom stereocenters. The fraction of sp³-hybridized carbons (Fsp3) is 0.429. The molecule has 0 bridgehead atoms. The highest BCUT2D eigenvalue weighted by Gasteiger charge is 2.22. The molecule has 0 aromatic heterocycles. The third-order valence-electron chi connectivity index (χ3n) is 4.82. The summed E-state index contributed by atoms with van der Waals surface area (Å²) in [6.45, 7) is 6.70. The van der Waals surface area contributed by atoms with E-state index in [1.54, 1.807) is 0 Å². The van der Waals surface area contributed by atoms with Gasteiger partial charge in [-0.3, -0.25) is 0 Å². The van der Waals surface area contributed by atoms with Crippen molar-refractivity contribution >= 4 is 0 Å². The van der Waals surface area contributed by atoms with E-state index in [2.05, 4.69) is 18.7 Å². The molecule has 0 radical (unpaired) electrons. The lowest BCUT2D eigenvalue weighted by Gasteiger charge is -2.34. The van der Waals surface area contributed by atoms with E-state index < -0.39 is 6.10 Å². The zero-order valence-electron chi connectivity index (χ0n) is 14.6. The molecule has 0 aliphatic carbocycles. The molecule has 1 aliphatic heterocycles. The van der Waals surface area contributed by atoms with E-state index >= 15 is 0 Å². The molecule has 128 valence electrons. The number of hydrogen-bond acceptors (Lipinski definition) is 3. The Hall–Kier alpha value is -1.84. The van der Waals surface area contributed by atoms with Gasteiger partial charge in [0, 0.05) is 19.1 Å². The molecule has 1 unspecified atom stereocenters. The van der Waals surface area contributed by atoms with Crippen LogP contribution in [0, 0.1) is 0 Å². The van der Waals surface area contributed by atoms with Crippen LogP contribution in [0.5, 0.6) is 5.75 Å². The fourth-order valence-corrected chi connectivity index (χ4v) is 3.26. The Labute approximate surface area is 144 Å². The van der Waals surface area contributed by atoms with Gasteiger partial charge in [-0.05, 0) is 49.9 Å². The zero-order valence-corrected chi connectivity index (χ0v) is 14.6. The number of piperidine rings is 1. The molecule has 2 aromatic rings. The fourth-order valence-electron chi connectivity index (χ4n) is 3.26.